The van der Waals surface area contributed by atoms with E-state index in [1.807, 2.05) is 0 Å². The zero-order valence-corrected chi connectivity index (χ0v) is 13.8. The molecule has 4 fully saturated rings. The van der Waals surface area contributed by atoms with Gasteiger partial charge >= 0.3 is 0 Å². The molecule has 108 valence electrons. The molecule has 0 heterocycles. The van der Waals surface area contributed by atoms with Crippen LogP contribution in [0.3, 0.4) is 0 Å². The average molecular weight is 334 g/mol. The van der Waals surface area contributed by atoms with E-state index in [0.29, 0.717) is 5.41 Å². The zero-order chi connectivity index (χ0) is 13.9. The second-order valence-corrected chi connectivity index (χ2v) is 8.52. The number of aryl methyl sites for hydroxylation is 1. The van der Waals surface area contributed by atoms with Crippen molar-refractivity contribution < 1.29 is 0 Å². The van der Waals surface area contributed by atoms with Gasteiger partial charge in [-0.25, -0.2) is 0 Å². The third kappa shape index (κ3) is 1.84. The number of halogens is 1. The van der Waals surface area contributed by atoms with E-state index in [1.54, 1.807) is 5.56 Å². The molecule has 4 aliphatic carbocycles. The Kier molecular flexibility index (Phi) is 3.05. The van der Waals surface area contributed by atoms with Crippen molar-refractivity contribution in [3.05, 3.63) is 33.8 Å². The van der Waals surface area contributed by atoms with Crippen LogP contribution in [-0.4, -0.2) is 6.54 Å². The van der Waals surface area contributed by atoms with Crippen molar-refractivity contribution in [1.82, 2.24) is 0 Å². The molecule has 2 heteroatoms. The monoisotopic (exact) mass is 333 g/mol. The van der Waals surface area contributed by atoms with Crippen molar-refractivity contribution in [2.45, 2.75) is 44.4 Å². The standard InChI is InChI=1S/C18H24BrN/c1-11-2-3-15(19)6-17(11)18-7-12-4-13(8-18)16(10-20)14(5-12)9-18/h2-3,6,12-14,16H,4-5,7-10,20H2,1H3. The second-order valence-electron chi connectivity index (χ2n) is 7.61. The van der Waals surface area contributed by atoms with E-state index in [4.69, 9.17) is 5.73 Å². The molecule has 4 aliphatic rings. The van der Waals surface area contributed by atoms with Crippen molar-refractivity contribution >= 4 is 15.9 Å². The Morgan fingerprint density at radius 3 is 2.55 bits per heavy atom. The van der Waals surface area contributed by atoms with E-state index in [-0.39, 0.29) is 0 Å². The van der Waals surface area contributed by atoms with Crippen LogP contribution >= 0.6 is 15.9 Å². The van der Waals surface area contributed by atoms with Crippen LogP contribution in [0.5, 0.6) is 0 Å². The maximum absolute atomic E-state index is 6.08. The molecule has 0 radical (unpaired) electrons. The smallest absolute Gasteiger partial charge is 0.0178 e. The van der Waals surface area contributed by atoms with Gasteiger partial charge in [-0.2, -0.15) is 0 Å². The van der Waals surface area contributed by atoms with E-state index in [2.05, 4.69) is 41.1 Å². The highest BCUT2D eigenvalue weighted by Crippen LogP contribution is 2.63. The lowest BCUT2D eigenvalue weighted by molar-refractivity contribution is -0.0526. The molecule has 0 spiro atoms. The summed E-state index contributed by atoms with van der Waals surface area (Å²) in [6.45, 7) is 3.20. The molecule has 0 aromatic heterocycles. The van der Waals surface area contributed by atoms with Gasteiger partial charge in [0.2, 0.25) is 0 Å². The summed E-state index contributed by atoms with van der Waals surface area (Å²) in [6, 6.07) is 6.88. The minimum Gasteiger partial charge on any atom is -0.330 e. The number of hydrogen-bond donors (Lipinski definition) is 1. The summed E-state index contributed by atoms with van der Waals surface area (Å²) in [6.07, 6.45) is 7.10. The maximum atomic E-state index is 6.08. The lowest BCUT2D eigenvalue weighted by Crippen LogP contribution is -2.54. The summed E-state index contributed by atoms with van der Waals surface area (Å²) in [5, 5.41) is 0. The molecule has 20 heavy (non-hydrogen) atoms. The SMILES string of the molecule is Cc1ccc(Br)cc1C12CC3CC(C1)C(CN)C(C3)C2. The molecular weight excluding hydrogens is 310 g/mol. The third-order valence-electron chi connectivity index (χ3n) is 6.51. The van der Waals surface area contributed by atoms with Gasteiger partial charge in [-0.05, 0) is 97.9 Å². The molecule has 0 amide bonds. The first-order chi connectivity index (χ1) is 9.61. The molecule has 1 nitrogen and oxygen atoms in total. The Morgan fingerprint density at radius 2 is 1.90 bits per heavy atom. The molecule has 2 unspecified atom stereocenters. The largest absolute Gasteiger partial charge is 0.330 e. The van der Waals surface area contributed by atoms with Crippen molar-refractivity contribution in [3.8, 4) is 0 Å². The Morgan fingerprint density at radius 1 is 1.20 bits per heavy atom. The summed E-state index contributed by atoms with van der Waals surface area (Å²) in [7, 11) is 0. The van der Waals surface area contributed by atoms with E-state index < -0.39 is 0 Å². The van der Waals surface area contributed by atoms with Crippen LogP contribution in [0.15, 0.2) is 22.7 Å². The highest BCUT2D eigenvalue weighted by Gasteiger charge is 2.55. The predicted octanol–water partition coefficient (Wildman–Crippen LogP) is 4.41. The molecular formula is C18H24BrN. The number of nitrogens with two attached hydrogens (primary N) is 1. The molecule has 5 rings (SSSR count). The molecule has 2 N–H and O–H groups in total. The maximum Gasteiger partial charge on any atom is 0.0178 e. The fourth-order valence-electron chi connectivity index (χ4n) is 6.01. The fourth-order valence-corrected chi connectivity index (χ4v) is 6.37. The van der Waals surface area contributed by atoms with Gasteiger partial charge in [0.15, 0.2) is 0 Å². The first-order valence-corrected chi connectivity index (χ1v) is 8.87. The highest BCUT2D eigenvalue weighted by molar-refractivity contribution is 9.10. The summed E-state index contributed by atoms with van der Waals surface area (Å²) >= 11 is 3.68. The average Bonchev–Trinajstić information content (AvgIpc) is 2.41. The van der Waals surface area contributed by atoms with Crippen LogP contribution in [0, 0.1) is 30.6 Å². The van der Waals surface area contributed by atoms with Crippen LogP contribution in [-0.2, 0) is 5.41 Å². The molecule has 1 aromatic rings. The predicted molar refractivity (Wildman–Crippen MR) is 86.7 cm³/mol. The normalized spacial score (nSPS) is 42.1. The lowest BCUT2D eigenvalue weighted by Gasteiger charge is -2.60. The summed E-state index contributed by atoms with van der Waals surface area (Å²) in [4.78, 5) is 0. The minimum atomic E-state index is 0.468. The van der Waals surface area contributed by atoms with Gasteiger partial charge < -0.3 is 5.73 Å². The van der Waals surface area contributed by atoms with Gasteiger partial charge in [-0.1, -0.05) is 22.0 Å². The van der Waals surface area contributed by atoms with Crippen LogP contribution in [0.1, 0.15) is 43.2 Å². The minimum absolute atomic E-state index is 0.468. The van der Waals surface area contributed by atoms with E-state index in [0.717, 1.165) is 30.2 Å². The molecule has 4 saturated carbocycles. The van der Waals surface area contributed by atoms with E-state index in [9.17, 15) is 0 Å². The van der Waals surface area contributed by atoms with E-state index in [1.165, 1.54) is 42.1 Å². The lowest BCUT2D eigenvalue weighted by atomic mass is 9.44. The van der Waals surface area contributed by atoms with E-state index >= 15 is 0 Å². The van der Waals surface area contributed by atoms with Crippen molar-refractivity contribution in [3.63, 3.8) is 0 Å². The summed E-state index contributed by atoms with van der Waals surface area (Å²) < 4.78 is 1.24. The van der Waals surface area contributed by atoms with Crippen LogP contribution in [0.4, 0.5) is 0 Å². The summed E-state index contributed by atoms with van der Waals surface area (Å²) in [5.74, 6) is 3.56. The first kappa shape index (κ1) is 13.3. The van der Waals surface area contributed by atoms with Crippen LogP contribution in [0.2, 0.25) is 0 Å². The first-order valence-electron chi connectivity index (χ1n) is 8.08. The highest BCUT2D eigenvalue weighted by atomic mass is 79.9. The number of benzene rings is 1. The van der Waals surface area contributed by atoms with Gasteiger partial charge in [0.25, 0.3) is 0 Å². The Hall–Kier alpha value is -0.340. The Bertz CT molecular complexity index is 522. The Labute approximate surface area is 130 Å². The Balaban J connectivity index is 1.77. The molecule has 2 atom stereocenters. The van der Waals surface area contributed by atoms with Gasteiger partial charge in [0.1, 0.15) is 0 Å². The van der Waals surface area contributed by atoms with Crippen molar-refractivity contribution in [1.29, 1.82) is 0 Å². The molecule has 0 saturated heterocycles. The number of rotatable bonds is 2. The van der Waals surface area contributed by atoms with Gasteiger partial charge in [0, 0.05) is 4.47 Å². The van der Waals surface area contributed by atoms with Gasteiger partial charge in [0.05, 0.1) is 0 Å². The van der Waals surface area contributed by atoms with Crippen LogP contribution in [0.25, 0.3) is 0 Å². The van der Waals surface area contributed by atoms with Crippen molar-refractivity contribution in [2.24, 2.45) is 29.4 Å². The van der Waals surface area contributed by atoms with Crippen molar-refractivity contribution in [2.75, 3.05) is 6.54 Å². The zero-order valence-electron chi connectivity index (χ0n) is 12.2. The topological polar surface area (TPSA) is 26.0 Å². The third-order valence-corrected chi connectivity index (χ3v) is 7.00. The molecule has 4 bridgehead atoms. The van der Waals surface area contributed by atoms with Gasteiger partial charge in [-0.3, -0.25) is 0 Å². The quantitative estimate of drug-likeness (QED) is 0.852. The molecule has 0 aliphatic heterocycles. The summed E-state index contributed by atoms with van der Waals surface area (Å²) in [5.41, 5.74) is 9.66. The van der Waals surface area contributed by atoms with Gasteiger partial charge in [-0.15, -0.1) is 0 Å². The van der Waals surface area contributed by atoms with Crippen LogP contribution < -0.4 is 5.73 Å². The number of hydrogen-bond acceptors (Lipinski definition) is 1. The second kappa shape index (κ2) is 4.58. The molecule has 1 aromatic carbocycles. The fraction of sp³-hybridized carbons (Fsp3) is 0.667.